The lowest BCUT2D eigenvalue weighted by atomic mass is 9.82. The largest absolute Gasteiger partial charge is 0.338 e. The van der Waals surface area contributed by atoms with Gasteiger partial charge in [0.2, 0.25) is 0 Å². The van der Waals surface area contributed by atoms with Crippen LogP contribution in [-0.2, 0) is 0 Å². The number of piperidine rings is 1. The van der Waals surface area contributed by atoms with Crippen LogP contribution in [0.1, 0.15) is 37.0 Å². The predicted octanol–water partition coefficient (Wildman–Crippen LogP) is 2.14. The Morgan fingerprint density at radius 3 is 2.52 bits per heavy atom. The molecule has 0 aromatic heterocycles. The van der Waals surface area contributed by atoms with Gasteiger partial charge in [-0.3, -0.25) is 20.8 Å². The molecule has 114 valence electrons. The molecule has 1 fully saturated rings. The maximum absolute atomic E-state index is 12.6. The number of carbonyl (C=O) groups excluding carboxylic acids is 1. The molecule has 0 bridgehead atoms. The van der Waals surface area contributed by atoms with Crippen LogP contribution in [0.3, 0.4) is 0 Å². The molecule has 0 aliphatic carbocycles. The summed E-state index contributed by atoms with van der Waals surface area (Å²) in [5, 5.41) is 11.2. The van der Waals surface area contributed by atoms with Crippen LogP contribution in [0.2, 0.25) is 0 Å². The lowest BCUT2D eigenvalue weighted by molar-refractivity contribution is -0.384. The third-order valence-corrected chi connectivity index (χ3v) is 4.01. The summed E-state index contributed by atoms with van der Waals surface area (Å²) in [6.07, 6.45) is 1.78. The van der Waals surface area contributed by atoms with E-state index in [1.54, 1.807) is 11.0 Å². The Bertz CT molecular complexity index is 561. The Kier molecular flexibility index (Phi) is 4.13. The number of nitrogens with two attached hydrogens (primary N) is 1. The van der Waals surface area contributed by atoms with Gasteiger partial charge in [0, 0.05) is 13.1 Å². The second-order valence-electron chi connectivity index (χ2n) is 6.06. The second-order valence-corrected chi connectivity index (χ2v) is 6.06. The summed E-state index contributed by atoms with van der Waals surface area (Å²) in [5.41, 5.74) is 2.44. The molecule has 0 radical (unpaired) electrons. The zero-order valence-corrected chi connectivity index (χ0v) is 12.3. The van der Waals surface area contributed by atoms with Crippen LogP contribution in [0.15, 0.2) is 18.2 Å². The molecular weight excluding hydrogens is 272 g/mol. The third kappa shape index (κ3) is 3.13. The smallest absolute Gasteiger partial charge is 0.306 e. The van der Waals surface area contributed by atoms with Gasteiger partial charge in [0.1, 0.15) is 11.3 Å². The number of nitrogen functional groups attached to an aromatic ring is 1. The fourth-order valence-electron chi connectivity index (χ4n) is 2.51. The fraction of sp³-hybridized carbons (Fsp3) is 0.500. The molecule has 1 aliphatic rings. The highest BCUT2D eigenvalue weighted by Gasteiger charge is 2.32. The Morgan fingerprint density at radius 1 is 1.38 bits per heavy atom. The van der Waals surface area contributed by atoms with E-state index in [2.05, 4.69) is 19.3 Å². The van der Waals surface area contributed by atoms with Crippen LogP contribution in [0.4, 0.5) is 11.4 Å². The molecule has 0 unspecified atom stereocenters. The lowest BCUT2D eigenvalue weighted by Gasteiger charge is -2.36. The van der Waals surface area contributed by atoms with Crippen LogP contribution >= 0.6 is 0 Å². The first-order chi connectivity index (χ1) is 9.85. The first-order valence-corrected chi connectivity index (χ1v) is 6.89. The number of benzene rings is 1. The summed E-state index contributed by atoms with van der Waals surface area (Å²) in [7, 11) is 0. The van der Waals surface area contributed by atoms with E-state index in [0.29, 0.717) is 13.1 Å². The van der Waals surface area contributed by atoms with Gasteiger partial charge < -0.3 is 10.3 Å². The van der Waals surface area contributed by atoms with Gasteiger partial charge in [-0.25, -0.2) is 0 Å². The van der Waals surface area contributed by atoms with Crippen LogP contribution in [0, 0.1) is 15.5 Å². The molecule has 1 amide bonds. The summed E-state index contributed by atoms with van der Waals surface area (Å²) in [6.45, 7) is 5.55. The number of carbonyl (C=O) groups is 1. The average Bonchev–Trinajstić information content (AvgIpc) is 2.45. The fourth-order valence-corrected chi connectivity index (χ4v) is 2.51. The quantitative estimate of drug-likeness (QED) is 0.505. The number of anilines is 1. The Hall–Kier alpha value is -2.15. The number of likely N-dealkylation sites (tertiary alicyclic amines) is 1. The minimum atomic E-state index is -0.573. The summed E-state index contributed by atoms with van der Waals surface area (Å²) in [5.74, 6) is 4.98. The highest BCUT2D eigenvalue weighted by Crippen LogP contribution is 2.33. The van der Waals surface area contributed by atoms with Crippen LogP contribution in [-0.4, -0.2) is 28.8 Å². The number of nitrogens with one attached hydrogen (secondary N) is 1. The van der Waals surface area contributed by atoms with Crippen molar-refractivity contribution in [2.75, 3.05) is 18.5 Å². The van der Waals surface area contributed by atoms with Crippen molar-refractivity contribution in [3.05, 3.63) is 33.9 Å². The van der Waals surface area contributed by atoms with Gasteiger partial charge in [0.25, 0.3) is 5.91 Å². The van der Waals surface area contributed by atoms with E-state index in [1.165, 1.54) is 12.1 Å². The second kappa shape index (κ2) is 5.69. The topological polar surface area (TPSA) is 102 Å². The van der Waals surface area contributed by atoms with Crippen molar-refractivity contribution < 1.29 is 9.72 Å². The SMILES string of the molecule is CC1(C)CCN(C(=O)c2cccc(NN)c2[N+](=O)[O-])CC1. The third-order valence-electron chi connectivity index (χ3n) is 4.01. The van der Waals surface area contributed by atoms with Crippen LogP contribution in [0.5, 0.6) is 0 Å². The number of hydrogen-bond donors (Lipinski definition) is 2. The summed E-state index contributed by atoms with van der Waals surface area (Å²) in [4.78, 5) is 24.9. The molecule has 0 spiro atoms. The van der Waals surface area contributed by atoms with Gasteiger partial charge >= 0.3 is 5.69 Å². The summed E-state index contributed by atoms with van der Waals surface area (Å²) >= 11 is 0. The number of rotatable bonds is 3. The molecule has 0 atom stereocenters. The van der Waals surface area contributed by atoms with Gasteiger partial charge in [-0.2, -0.15) is 0 Å². The molecule has 21 heavy (non-hydrogen) atoms. The number of nitro groups is 1. The van der Waals surface area contributed by atoms with E-state index in [0.717, 1.165) is 12.8 Å². The summed E-state index contributed by atoms with van der Waals surface area (Å²) < 4.78 is 0. The zero-order valence-electron chi connectivity index (χ0n) is 12.3. The molecule has 0 saturated carbocycles. The zero-order chi connectivity index (χ0) is 15.6. The minimum absolute atomic E-state index is 0.0788. The average molecular weight is 292 g/mol. The van der Waals surface area contributed by atoms with Crippen molar-refractivity contribution in [3.63, 3.8) is 0 Å². The first kappa shape index (κ1) is 15.2. The molecule has 7 nitrogen and oxygen atoms in total. The number of nitrogens with zero attached hydrogens (tertiary/aromatic N) is 2. The van der Waals surface area contributed by atoms with Gasteiger partial charge in [0.15, 0.2) is 0 Å². The molecule has 2 rings (SSSR count). The standard InChI is InChI=1S/C14H20N4O3/c1-14(2)6-8-17(9-7-14)13(19)10-4-3-5-11(16-15)12(10)18(20)21/h3-5,16H,6-9,15H2,1-2H3. The van der Waals surface area contributed by atoms with Crippen molar-refractivity contribution in [2.45, 2.75) is 26.7 Å². The maximum Gasteiger partial charge on any atom is 0.306 e. The number of para-hydroxylation sites is 1. The van der Waals surface area contributed by atoms with Gasteiger partial charge in [-0.15, -0.1) is 0 Å². The van der Waals surface area contributed by atoms with Crippen molar-refractivity contribution >= 4 is 17.3 Å². The number of nitro benzene ring substituents is 1. The van der Waals surface area contributed by atoms with E-state index < -0.39 is 4.92 Å². The number of amides is 1. The van der Waals surface area contributed by atoms with Crippen molar-refractivity contribution in [1.82, 2.24) is 4.90 Å². The molecule has 7 heteroatoms. The van der Waals surface area contributed by atoms with Crippen molar-refractivity contribution in [1.29, 1.82) is 0 Å². The van der Waals surface area contributed by atoms with Crippen molar-refractivity contribution in [2.24, 2.45) is 11.3 Å². The molecule has 1 aromatic carbocycles. The predicted molar refractivity (Wildman–Crippen MR) is 79.8 cm³/mol. The van der Waals surface area contributed by atoms with Gasteiger partial charge in [-0.05, 0) is 30.4 Å². The van der Waals surface area contributed by atoms with Crippen molar-refractivity contribution in [3.8, 4) is 0 Å². The first-order valence-electron chi connectivity index (χ1n) is 6.89. The minimum Gasteiger partial charge on any atom is -0.338 e. The van der Waals surface area contributed by atoms with E-state index in [-0.39, 0.29) is 28.3 Å². The van der Waals surface area contributed by atoms with E-state index in [4.69, 9.17) is 5.84 Å². The maximum atomic E-state index is 12.6. The molecule has 3 N–H and O–H groups in total. The molecule has 1 aliphatic heterocycles. The van der Waals surface area contributed by atoms with Crippen LogP contribution < -0.4 is 11.3 Å². The normalized spacial score (nSPS) is 17.4. The molecular formula is C14H20N4O3. The van der Waals surface area contributed by atoms with Gasteiger partial charge in [-0.1, -0.05) is 19.9 Å². The number of hydrogen-bond acceptors (Lipinski definition) is 5. The van der Waals surface area contributed by atoms with E-state index >= 15 is 0 Å². The van der Waals surface area contributed by atoms with E-state index in [1.807, 2.05) is 0 Å². The molecule has 1 aromatic rings. The molecule has 1 heterocycles. The lowest BCUT2D eigenvalue weighted by Crippen LogP contribution is -2.41. The highest BCUT2D eigenvalue weighted by atomic mass is 16.6. The number of hydrazine groups is 1. The monoisotopic (exact) mass is 292 g/mol. The Morgan fingerprint density at radius 2 is 2.00 bits per heavy atom. The Labute approximate surface area is 123 Å². The van der Waals surface area contributed by atoms with E-state index in [9.17, 15) is 14.9 Å². The molecule has 1 saturated heterocycles. The van der Waals surface area contributed by atoms with Crippen LogP contribution in [0.25, 0.3) is 0 Å². The van der Waals surface area contributed by atoms with Gasteiger partial charge in [0.05, 0.1) is 4.92 Å². The Balaban J connectivity index is 2.30. The highest BCUT2D eigenvalue weighted by molar-refractivity contribution is 6.00. The summed E-state index contributed by atoms with van der Waals surface area (Å²) in [6, 6.07) is 4.54.